The van der Waals surface area contributed by atoms with Crippen LogP contribution < -0.4 is 4.90 Å². The van der Waals surface area contributed by atoms with Crippen molar-refractivity contribution in [1.82, 2.24) is 20.1 Å². The molecule has 0 spiro atoms. The largest absolute Gasteiger partial charge is 0.444 e. The Morgan fingerprint density at radius 2 is 1.86 bits per heavy atom. The zero-order valence-corrected chi connectivity index (χ0v) is 17.4. The van der Waals surface area contributed by atoms with Gasteiger partial charge < -0.3 is 14.1 Å². The van der Waals surface area contributed by atoms with Gasteiger partial charge >= 0.3 is 6.09 Å². The molecule has 2 aliphatic rings. The Hall–Kier alpha value is -2.64. The van der Waals surface area contributed by atoms with Crippen LogP contribution in [0.4, 0.5) is 10.6 Å². The van der Waals surface area contributed by atoms with Crippen LogP contribution >= 0.6 is 0 Å². The summed E-state index contributed by atoms with van der Waals surface area (Å²) in [6, 6.07) is 5.78. The molecule has 0 radical (unpaired) electrons. The predicted octanol–water partition coefficient (Wildman–Crippen LogP) is 3.92. The van der Waals surface area contributed by atoms with E-state index in [1.807, 2.05) is 45.2 Å². The Balaban J connectivity index is 1.39. The summed E-state index contributed by atoms with van der Waals surface area (Å²) < 4.78 is 11.6. The van der Waals surface area contributed by atoms with Gasteiger partial charge in [-0.05, 0) is 58.6 Å². The molecule has 2 aromatic rings. The van der Waals surface area contributed by atoms with Crippen molar-refractivity contribution in [1.29, 1.82) is 0 Å². The van der Waals surface area contributed by atoms with E-state index in [0.717, 1.165) is 44.6 Å². The normalized spacial score (nSPS) is 20.9. The highest BCUT2D eigenvalue weighted by Gasteiger charge is 2.37. The third kappa shape index (κ3) is 4.52. The molecular formula is C21H29N5O3. The molecule has 2 saturated heterocycles. The number of carbonyl (C=O) groups excluding carboxylic acids is 1. The number of rotatable bonds is 3. The minimum Gasteiger partial charge on any atom is -0.444 e. The van der Waals surface area contributed by atoms with Crippen molar-refractivity contribution in [3.8, 4) is 0 Å². The minimum atomic E-state index is -0.522. The van der Waals surface area contributed by atoms with Crippen molar-refractivity contribution in [2.24, 2.45) is 0 Å². The lowest BCUT2D eigenvalue weighted by atomic mass is 9.97. The third-order valence-corrected chi connectivity index (χ3v) is 5.44. The number of anilines is 1. The van der Waals surface area contributed by atoms with Gasteiger partial charge in [0.15, 0.2) is 0 Å². The molecule has 0 saturated carbocycles. The highest BCUT2D eigenvalue weighted by Crippen LogP contribution is 2.35. The van der Waals surface area contributed by atoms with Crippen LogP contribution in [-0.4, -0.2) is 51.4 Å². The van der Waals surface area contributed by atoms with Crippen LogP contribution in [-0.2, 0) is 4.74 Å². The Morgan fingerprint density at radius 1 is 1.10 bits per heavy atom. The summed E-state index contributed by atoms with van der Waals surface area (Å²) in [6.45, 7) is 8.09. The summed E-state index contributed by atoms with van der Waals surface area (Å²) in [5.41, 5.74) is -0.522. The van der Waals surface area contributed by atoms with Crippen molar-refractivity contribution in [3.05, 3.63) is 36.2 Å². The zero-order valence-electron chi connectivity index (χ0n) is 17.4. The van der Waals surface area contributed by atoms with Gasteiger partial charge in [-0.3, -0.25) is 4.90 Å². The van der Waals surface area contributed by atoms with E-state index in [2.05, 4.69) is 20.1 Å². The first-order valence-corrected chi connectivity index (χ1v) is 10.4. The third-order valence-electron chi connectivity index (χ3n) is 5.44. The van der Waals surface area contributed by atoms with Crippen molar-refractivity contribution < 1.29 is 13.9 Å². The van der Waals surface area contributed by atoms with E-state index in [1.54, 1.807) is 4.90 Å². The maximum absolute atomic E-state index is 12.5. The van der Waals surface area contributed by atoms with E-state index < -0.39 is 5.60 Å². The first-order chi connectivity index (χ1) is 13.9. The van der Waals surface area contributed by atoms with Gasteiger partial charge in [-0.25, -0.2) is 9.78 Å². The van der Waals surface area contributed by atoms with Crippen LogP contribution in [0.5, 0.6) is 0 Å². The maximum Gasteiger partial charge on any atom is 0.410 e. The van der Waals surface area contributed by atoms with Crippen LogP contribution in [0.2, 0.25) is 0 Å². The number of pyridine rings is 1. The fourth-order valence-corrected chi connectivity index (χ4v) is 4.01. The first kappa shape index (κ1) is 19.7. The van der Waals surface area contributed by atoms with Gasteiger partial charge in [-0.2, -0.15) is 0 Å². The Bertz CT molecular complexity index is 824. The molecule has 0 aromatic carbocycles. The Labute approximate surface area is 171 Å². The molecule has 29 heavy (non-hydrogen) atoms. The summed E-state index contributed by atoms with van der Waals surface area (Å²) >= 11 is 0. The number of likely N-dealkylation sites (tertiary alicyclic amines) is 1. The molecule has 2 fully saturated rings. The van der Waals surface area contributed by atoms with E-state index in [4.69, 9.17) is 9.15 Å². The van der Waals surface area contributed by atoms with Crippen LogP contribution in [0.15, 0.2) is 28.8 Å². The van der Waals surface area contributed by atoms with Gasteiger partial charge in [-0.15, -0.1) is 10.2 Å². The number of hydrogen-bond donors (Lipinski definition) is 0. The molecule has 2 aliphatic heterocycles. The van der Waals surface area contributed by atoms with E-state index in [0.29, 0.717) is 18.3 Å². The molecule has 1 unspecified atom stereocenters. The predicted molar refractivity (Wildman–Crippen MR) is 108 cm³/mol. The second-order valence-corrected chi connectivity index (χ2v) is 8.76. The van der Waals surface area contributed by atoms with Gasteiger partial charge in [-0.1, -0.05) is 6.07 Å². The van der Waals surface area contributed by atoms with E-state index in [1.165, 1.54) is 0 Å². The summed E-state index contributed by atoms with van der Waals surface area (Å²) in [5, 5.41) is 8.61. The minimum absolute atomic E-state index is 0.195. The topological polar surface area (TPSA) is 84.6 Å². The number of carbonyl (C=O) groups is 1. The van der Waals surface area contributed by atoms with E-state index >= 15 is 0 Å². The second kappa shape index (κ2) is 8.00. The highest BCUT2D eigenvalue weighted by atomic mass is 16.6. The number of nitrogens with zero attached hydrogens (tertiary/aromatic N) is 5. The van der Waals surface area contributed by atoms with Crippen molar-refractivity contribution >= 4 is 11.9 Å². The van der Waals surface area contributed by atoms with E-state index in [9.17, 15) is 4.79 Å². The molecule has 8 heteroatoms. The molecule has 4 heterocycles. The van der Waals surface area contributed by atoms with Crippen molar-refractivity contribution in [2.75, 3.05) is 24.5 Å². The fraction of sp³-hybridized carbons (Fsp3) is 0.619. The molecule has 1 atom stereocenters. The van der Waals surface area contributed by atoms with Crippen LogP contribution in [0, 0.1) is 0 Å². The lowest BCUT2D eigenvalue weighted by molar-refractivity contribution is 0.0202. The number of hydrogen-bond acceptors (Lipinski definition) is 7. The molecule has 1 amide bonds. The van der Waals surface area contributed by atoms with Crippen molar-refractivity contribution in [3.63, 3.8) is 0 Å². The molecule has 4 rings (SSSR count). The number of piperidine rings is 1. The van der Waals surface area contributed by atoms with Gasteiger partial charge in [0.2, 0.25) is 11.8 Å². The highest BCUT2D eigenvalue weighted by molar-refractivity contribution is 5.69. The zero-order chi connectivity index (χ0) is 20.4. The van der Waals surface area contributed by atoms with Crippen LogP contribution in [0.3, 0.4) is 0 Å². The van der Waals surface area contributed by atoms with E-state index in [-0.39, 0.29) is 18.1 Å². The maximum atomic E-state index is 12.5. The van der Waals surface area contributed by atoms with Gasteiger partial charge in [0.1, 0.15) is 17.5 Å². The number of amides is 1. The smallest absolute Gasteiger partial charge is 0.410 e. The second-order valence-electron chi connectivity index (χ2n) is 8.76. The molecule has 156 valence electrons. The van der Waals surface area contributed by atoms with Gasteiger partial charge in [0, 0.05) is 31.7 Å². The quantitative estimate of drug-likeness (QED) is 0.773. The summed E-state index contributed by atoms with van der Waals surface area (Å²) in [6.07, 6.45) is 5.12. The molecule has 2 aromatic heterocycles. The summed E-state index contributed by atoms with van der Waals surface area (Å²) in [4.78, 5) is 21.0. The molecular weight excluding hydrogens is 370 g/mol. The number of ether oxygens (including phenoxy) is 1. The number of aromatic nitrogens is 3. The fourth-order valence-electron chi connectivity index (χ4n) is 4.01. The lowest BCUT2D eigenvalue weighted by Gasteiger charge is -2.31. The van der Waals surface area contributed by atoms with Gasteiger partial charge in [0.05, 0.1) is 0 Å². The summed E-state index contributed by atoms with van der Waals surface area (Å²) in [7, 11) is 0. The molecule has 0 bridgehead atoms. The Kier molecular flexibility index (Phi) is 5.43. The monoisotopic (exact) mass is 399 g/mol. The average Bonchev–Trinajstić information content (AvgIpc) is 3.37. The van der Waals surface area contributed by atoms with Crippen LogP contribution in [0.25, 0.3) is 0 Å². The van der Waals surface area contributed by atoms with Gasteiger partial charge in [0.25, 0.3) is 0 Å². The first-order valence-electron chi connectivity index (χ1n) is 10.4. The average molecular weight is 399 g/mol. The SMILES string of the molecule is CC(C)(C)OC(=O)N1CCCC1c1nnc(C2CCN(c3ccccn3)CC2)o1. The molecule has 0 aliphatic carbocycles. The lowest BCUT2D eigenvalue weighted by Crippen LogP contribution is -2.36. The molecule has 0 N–H and O–H groups in total. The summed E-state index contributed by atoms with van der Waals surface area (Å²) in [5.74, 6) is 2.45. The molecule has 8 nitrogen and oxygen atoms in total. The van der Waals surface area contributed by atoms with Crippen LogP contribution in [0.1, 0.15) is 70.2 Å². The Morgan fingerprint density at radius 3 is 2.55 bits per heavy atom. The standard InChI is InChI=1S/C21H29N5O3/c1-21(2,3)29-20(27)26-12-6-7-16(26)19-24-23-18(28-19)15-9-13-25(14-10-15)17-8-4-5-11-22-17/h4-5,8,11,15-16H,6-7,9-10,12-14H2,1-3H3. The van der Waals surface area contributed by atoms with Crippen molar-refractivity contribution in [2.45, 2.75) is 64.0 Å².